The number of rotatable bonds is 5. The van der Waals surface area contributed by atoms with Crippen LogP contribution in [-0.2, 0) is 15.8 Å². The van der Waals surface area contributed by atoms with Crippen LogP contribution < -0.4 is 10.2 Å². The number of alkyl halides is 3. The first-order chi connectivity index (χ1) is 16.0. The van der Waals surface area contributed by atoms with Gasteiger partial charge in [0.15, 0.2) is 0 Å². The van der Waals surface area contributed by atoms with Gasteiger partial charge in [-0.15, -0.1) is 0 Å². The molecule has 1 N–H and O–H groups in total. The van der Waals surface area contributed by atoms with Gasteiger partial charge in [-0.1, -0.05) is 13.8 Å². The van der Waals surface area contributed by atoms with Crippen molar-refractivity contribution in [2.24, 2.45) is 11.3 Å². The zero-order valence-electron chi connectivity index (χ0n) is 19.6. The fraction of sp³-hybridized carbons (Fsp3) is 0.640. The van der Waals surface area contributed by atoms with Crippen LogP contribution in [0.2, 0.25) is 0 Å². The van der Waals surface area contributed by atoms with E-state index in [-0.39, 0.29) is 29.2 Å². The molecule has 184 valence electrons. The summed E-state index contributed by atoms with van der Waals surface area (Å²) in [6, 6.07) is 4.88. The van der Waals surface area contributed by atoms with E-state index in [1.807, 2.05) is 18.7 Å². The van der Waals surface area contributed by atoms with Crippen molar-refractivity contribution in [2.45, 2.75) is 70.6 Å². The Labute approximate surface area is 198 Å². The van der Waals surface area contributed by atoms with E-state index in [0.29, 0.717) is 51.0 Å². The molecule has 3 aliphatic rings. The number of hydrogen-bond acceptors (Lipinski definition) is 4. The largest absolute Gasteiger partial charge is 0.417 e. The maximum atomic E-state index is 13.6. The summed E-state index contributed by atoms with van der Waals surface area (Å²) in [6.07, 6.45) is -0.356. The predicted octanol–water partition coefficient (Wildman–Crippen LogP) is 4.09. The smallest absolute Gasteiger partial charge is 0.359 e. The number of nitrogens with zero attached hydrogens (tertiary/aromatic N) is 3. The lowest BCUT2D eigenvalue weighted by atomic mass is 9.76. The van der Waals surface area contributed by atoms with Crippen LogP contribution in [-0.4, -0.2) is 48.4 Å². The second-order valence-electron chi connectivity index (χ2n) is 10.4. The average Bonchev–Trinajstić information content (AvgIpc) is 3.51. The fourth-order valence-corrected chi connectivity index (χ4v) is 5.20. The highest BCUT2D eigenvalue weighted by atomic mass is 19.4. The lowest BCUT2D eigenvalue weighted by molar-refractivity contribution is -0.137. The van der Waals surface area contributed by atoms with Crippen molar-refractivity contribution >= 4 is 17.5 Å². The van der Waals surface area contributed by atoms with Crippen molar-refractivity contribution in [3.05, 3.63) is 29.3 Å². The zero-order valence-corrected chi connectivity index (χ0v) is 19.6. The number of likely N-dealkylation sites (tertiary alicyclic amines) is 1. The van der Waals surface area contributed by atoms with Crippen molar-refractivity contribution in [2.75, 3.05) is 24.5 Å². The van der Waals surface area contributed by atoms with Crippen LogP contribution >= 0.6 is 0 Å². The Balaban J connectivity index is 1.58. The highest BCUT2D eigenvalue weighted by Gasteiger charge is 2.49. The molecular weight excluding hydrogens is 445 g/mol. The third kappa shape index (κ3) is 5.16. The van der Waals surface area contributed by atoms with Crippen molar-refractivity contribution < 1.29 is 22.8 Å². The number of benzene rings is 1. The number of nitrogens with one attached hydrogen (secondary N) is 1. The van der Waals surface area contributed by atoms with Gasteiger partial charge in [-0.3, -0.25) is 9.59 Å². The van der Waals surface area contributed by atoms with Gasteiger partial charge >= 0.3 is 6.18 Å². The summed E-state index contributed by atoms with van der Waals surface area (Å²) in [7, 11) is 0. The molecule has 1 aliphatic carbocycles. The molecule has 1 aromatic rings. The summed E-state index contributed by atoms with van der Waals surface area (Å²) in [5.41, 5.74) is -1.35. The quantitative estimate of drug-likeness (QED) is 0.695. The first-order valence-corrected chi connectivity index (χ1v) is 12.0. The molecule has 1 saturated carbocycles. The second-order valence-corrected chi connectivity index (χ2v) is 10.4. The zero-order chi connectivity index (χ0) is 24.7. The van der Waals surface area contributed by atoms with E-state index in [1.54, 1.807) is 11.0 Å². The summed E-state index contributed by atoms with van der Waals surface area (Å²) < 4.78 is 40.8. The molecule has 1 spiro atoms. The van der Waals surface area contributed by atoms with Gasteiger partial charge < -0.3 is 15.1 Å². The number of anilines is 1. The van der Waals surface area contributed by atoms with Gasteiger partial charge in [0.2, 0.25) is 11.8 Å². The molecule has 0 radical (unpaired) electrons. The Morgan fingerprint density at radius 1 is 1.24 bits per heavy atom. The Morgan fingerprint density at radius 3 is 2.47 bits per heavy atom. The van der Waals surface area contributed by atoms with Crippen LogP contribution in [0.3, 0.4) is 0 Å². The molecule has 1 unspecified atom stereocenters. The molecule has 0 aromatic heterocycles. The third-order valence-corrected chi connectivity index (χ3v) is 7.26. The van der Waals surface area contributed by atoms with Gasteiger partial charge in [-0.05, 0) is 61.6 Å². The van der Waals surface area contributed by atoms with Gasteiger partial charge in [0.05, 0.1) is 17.2 Å². The highest BCUT2D eigenvalue weighted by Crippen LogP contribution is 2.46. The highest BCUT2D eigenvalue weighted by molar-refractivity contribution is 5.87. The summed E-state index contributed by atoms with van der Waals surface area (Å²) >= 11 is 0. The van der Waals surface area contributed by atoms with Gasteiger partial charge in [0.25, 0.3) is 0 Å². The Bertz CT molecular complexity index is 989. The van der Waals surface area contributed by atoms with Crippen molar-refractivity contribution in [3.63, 3.8) is 0 Å². The molecule has 0 bridgehead atoms. The number of piperidine rings is 1. The minimum atomic E-state index is -4.66. The molecule has 2 heterocycles. The van der Waals surface area contributed by atoms with E-state index >= 15 is 0 Å². The van der Waals surface area contributed by atoms with Crippen molar-refractivity contribution in [1.29, 1.82) is 5.26 Å². The van der Waals surface area contributed by atoms with Crippen LogP contribution in [0, 0.1) is 22.7 Å². The van der Waals surface area contributed by atoms with Gasteiger partial charge in [-0.25, -0.2) is 0 Å². The molecule has 2 aliphatic heterocycles. The minimum Gasteiger partial charge on any atom is -0.359 e. The summed E-state index contributed by atoms with van der Waals surface area (Å²) in [6.45, 7) is 5.66. The Morgan fingerprint density at radius 2 is 1.91 bits per heavy atom. The van der Waals surface area contributed by atoms with E-state index in [2.05, 4.69) is 5.32 Å². The van der Waals surface area contributed by atoms with Gasteiger partial charge in [0, 0.05) is 37.8 Å². The molecule has 4 rings (SSSR count). The molecule has 9 heteroatoms. The van der Waals surface area contributed by atoms with Crippen LogP contribution in [0.25, 0.3) is 0 Å². The molecule has 2 amide bonds. The fourth-order valence-electron chi connectivity index (χ4n) is 5.20. The number of nitriles is 1. The molecule has 1 atom stereocenters. The van der Waals surface area contributed by atoms with Crippen LogP contribution in [0.1, 0.15) is 63.5 Å². The molecular formula is C25H31F3N4O2. The minimum absolute atomic E-state index is 0.129. The van der Waals surface area contributed by atoms with E-state index in [0.717, 1.165) is 18.9 Å². The number of halogens is 3. The van der Waals surface area contributed by atoms with E-state index in [4.69, 9.17) is 5.26 Å². The number of hydrogen-bond donors (Lipinski definition) is 1. The second kappa shape index (κ2) is 9.12. The topological polar surface area (TPSA) is 76.4 Å². The number of carbonyl (C=O) groups is 2. The monoisotopic (exact) mass is 476 g/mol. The van der Waals surface area contributed by atoms with Crippen LogP contribution in [0.4, 0.5) is 18.9 Å². The molecule has 3 fully saturated rings. The van der Waals surface area contributed by atoms with E-state index in [1.165, 1.54) is 12.1 Å². The van der Waals surface area contributed by atoms with Crippen LogP contribution in [0.5, 0.6) is 0 Å². The third-order valence-electron chi connectivity index (χ3n) is 7.26. The number of carbonyl (C=O) groups excluding carboxylic acids is 2. The van der Waals surface area contributed by atoms with Crippen LogP contribution in [0.15, 0.2) is 18.2 Å². The summed E-state index contributed by atoms with van der Waals surface area (Å²) in [4.78, 5) is 29.3. The van der Waals surface area contributed by atoms with E-state index < -0.39 is 23.3 Å². The SMILES string of the molecule is CC(C)CC(=O)N1CCC2(CC1)CC(C(=O)NC1CC1)N(c1ccc(C#N)c(C(F)(F)F)c1)C2. The summed E-state index contributed by atoms with van der Waals surface area (Å²) in [5.74, 6) is 0.250. The normalized spacial score (nSPS) is 22.2. The lowest BCUT2D eigenvalue weighted by Crippen LogP contribution is -2.44. The molecule has 1 aromatic carbocycles. The maximum Gasteiger partial charge on any atom is 0.417 e. The molecule has 34 heavy (non-hydrogen) atoms. The van der Waals surface area contributed by atoms with Gasteiger partial charge in [0.1, 0.15) is 6.04 Å². The maximum absolute atomic E-state index is 13.6. The molecule has 6 nitrogen and oxygen atoms in total. The first-order valence-electron chi connectivity index (χ1n) is 12.0. The number of amides is 2. The average molecular weight is 477 g/mol. The standard InChI is InChI=1S/C25H31F3N4O2/c1-16(2)11-22(33)31-9-7-24(8-10-31)13-21(23(34)30-18-4-5-18)32(15-24)19-6-3-17(14-29)20(12-19)25(26,27)28/h3,6,12,16,18,21H,4-5,7-11,13,15H2,1-2H3,(H,30,34). The molecule has 2 saturated heterocycles. The van der Waals surface area contributed by atoms with E-state index in [9.17, 15) is 22.8 Å². The Hall–Kier alpha value is -2.76. The first kappa shape index (κ1) is 24.4. The Kier molecular flexibility index (Phi) is 6.54. The van der Waals surface area contributed by atoms with Crippen molar-refractivity contribution in [3.8, 4) is 6.07 Å². The van der Waals surface area contributed by atoms with Crippen molar-refractivity contribution in [1.82, 2.24) is 10.2 Å². The predicted molar refractivity (Wildman–Crippen MR) is 121 cm³/mol. The lowest BCUT2D eigenvalue weighted by Gasteiger charge is -2.39. The van der Waals surface area contributed by atoms with Gasteiger partial charge in [-0.2, -0.15) is 18.4 Å². The summed E-state index contributed by atoms with van der Waals surface area (Å²) in [5, 5.41) is 12.2.